The van der Waals surface area contributed by atoms with Gasteiger partial charge >= 0.3 is 0 Å². The van der Waals surface area contributed by atoms with E-state index in [4.69, 9.17) is 9.47 Å². The van der Waals surface area contributed by atoms with Crippen molar-refractivity contribution >= 4 is 17.3 Å². The molecule has 1 aromatic carbocycles. The quantitative estimate of drug-likeness (QED) is 0.586. The van der Waals surface area contributed by atoms with Gasteiger partial charge in [-0.3, -0.25) is 25.8 Å². The van der Waals surface area contributed by atoms with Crippen LogP contribution in [0.1, 0.15) is 19.8 Å². The molecule has 0 spiro atoms. The number of hydrogen-bond acceptors (Lipinski definition) is 6. The minimum Gasteiger partial charge on any atom is -0.376 e. The summed E-state index contributed by atoms with van der Waals surface area (Å²) >= 11 is 0. The van der Waals surface area contributed by atoms with Crippen LogP contribution in [0, 0.1) is 10.1 Å². The zero-order chi connectivity index (χ0) is 15.9. The maximum atomic E-state index is 11.9. The van der Waals surface area contributed by atoms with Gasteiger partial charge in [-0.05, 0) is 25.8 Å². The number of hydrogen-bond donors (Lipinski definition) is 2. The van der Waals surface area contributed by atoms with Crippen molar-refractivity contribution in [2.45, 2.75) is 32.0 Å². The van der Waals surface area contributed by atoms with Gasteiger partial charge in [0.05, 0.1) is 17.6 Å². The van der Waals surface area contributed by atoms with E-state index in [0.717, 1.165) is 19.4 Å². The van der Waals surface area contributed by atoms with E-state index in [-0.39, 0.29) is 17.5 Å². The third kappa shape index (κ3) is 4.40. The summed E-state index contributed by atoms with van der Waals surface area (Å²) in [7, 11) is 0. The van der Waals surface area contributed by atoms with E-state index in [1.54, 1.807) is 19.1 Å². The lowest BCUT2D eigenvalue weighted by molar-refractivity contribution is -0.384. The average Bonchev–Trinajstić information content (AvgIpc) is 3.03. The first-order valence-corrected chi connectivity index (χ1v) is 7.10. The molecule has 8 nitrogen and oxygen atoms in total. The fourth-order valence-corrected chi connectivity index (χ4v) is 2.07. The first-order chi connectivity index (χ1) is 10.6. The summed E-state index contributed by atoms with van der Waals surface area (Å²) in [5.74, 6) is -0.406. The minimum atomic E-state index is -0.681. The van der Waals surface area contributed by atoms with Crippen LogP contribution in [0.15, 0.2) is 24.3 Å². The van der Waals surface area contributed by atoms with Gasteiger partial charge in [0.2, 0.25) is 0 Å². The number of nitro benzene ring substituents is 1. The van der Waals surface area contributed by atoms with Crippen molar-refractivity contribution in [1.82, 2.24) is 5.43 Å². The summed E-state index contributed by atoms with van der Waals surface area (Å²) in [6, 6.07) is 6.06. The number of ether oxygens (including phenoxy) is 2. The minimum absolute atomic E-state index is 0.0402. The Morgan fingerprint density at radius 1 is 1.55 bits per heavy atom. The van der Waals surface area contributed by atoms with Gasteiger partial charge in [-0.2, -0.15) is 0 Å². The predicted molar refractivity (Wildman–Crippen MR) is 79.2 cm³/mol. The van der Waals surface area contributed by atoms with Crippen LogP contribution in [0.3, 0.4) is 0 Å². The van der Waals surface area contributed by atoms with Crippen LogP contribution in [0.25, 0.3) is 0 Å². The second kappa shape index (κ2) is 7.71. The van der Waals surface area contributed by atoms with Crippen LogP contribution in [0.5, 0.6) is 0 Å². The van der Waals surface area contributed by atoms with Crippen LogP contribution in [0.4, 0.5) is 11.4 Å². The molecule has 0 saturated carbocycles. The van der Waals surface area contributed by atoms with E-state index < -0.39 is 16.9 Å². The van der Waals surface area contributed by atoms with Crippen LogP contribution in [0.2, 0.25) is 0 Å². The standard InChI is InChI=1S/C14H19N3O5/c1-10(22-9-11-5-4-8-21-11)14(18)16-15-12-6-2-3-7-13(12)17(19)20/h2-3,6-7,10-11,15H,4-5,8-9H2,1H3,(H,16,18)/t10-,11-/m1/s1. The maximum absolute atomic E-state index is 11.9. The first-order valence-electron chi connectivity index (χ1n) is 7.10. The Balaban J connectivity index is 1.80. The highest BCUT2D eigenvalue weighted by Gasteiger charge is 2.20. The highest BCUT2D eigenvalue weighted by molar-refractivity contribution is 5.82. The summed E-state index contributed by atoms with van der Waals surface area (Å²) in [4.78, 5) is 22.2. The molecule has 1 fully saturated rings. The van der Waals surface area contributed by atoms with E-state index in [2.05, 4.69) is 10.9 Å². The number of nitrogens with one attached hydrogen (secondary N) is 2. The molecule has 2 N–H and O–H groups in total. The average molecular weight is 309 g/mol. The molecule has 2 rings (SSSR count). The Morgan fingerprint density at radius 2 is 2.32 bits per heavy atom. The molecule has 1 saturated heterocycles. The molecule has 8 heteroatoms. The number of carbonyl (C=O) groups excluding carboxylic acids is 1. The Bertz CT molecular complexity index is 531. The van der Waals surface area contributed by atoms with Crippen LogP contribution in [-0.4, -0.2) is 36.3 Å². The highest BCUT2D eigenvalue weighted by atomic mass is 16.6. The molecule has 0 aromatic heterocycles. The van der Waals surface area contributed by atoms with Gasteiger partial charge in [-0.15, -0.1) is 0 Å². The molecular formula is C14H19N3O5. The molecule has 2 atom stereocenters. The van der Waals surface area contributed by atoms with E-state index in [1.807, 2.05) is 0 Å². The van der Waals surface area contributed by atoms with Crippen molar-refractivity contribution in [3.8, 4) is 0 Å². The third-order valence-electron chi connectivity index (χ3n) is 3.35. The number of rotatable bonds is 7. The van der Waals surface area contributed by atoms with Gasteiger partial charge in [0.15, 0.2) is 0 Å². The van der Waals surface area contributed by atoms with Crippen molar-refractivity contribution in [1.29, 1.82) is 0 Å². The fourth-order valence-electron chi connectivity index (χ4n) is 2.07. The lowest BCUT2D eigenvalue weighted by atomic mass is 10.2. The molecule has 120 valence electrons. The zero-order valence-electron chi connectivity index (χ0n) is 12.3. The van der Waals surface area contributed by atoms with E-state index >= 15 is 0 Å². The van der Waals surface area contributed by atoms with Crippen molar-refractivity contribution in [2.75, 3.05) is 18.6 Å². The van der Waals surface area contributed by atoms with Gasteiger partial charge < -0.3 is 9.47 Å². The molecule has 1 heterocycles. The summed E-state index contributed by atoms with van der Waals surface area (Å²) in [6.45, 7) is 2.71. The number of amides is 1. The van der Waals surface area contributed by atoms with Gasteiger partial charge in [0, 0.05) is 12.7 Å². The summed E-state index contributed by atoms with van der Waals surface area (Å²) < 4.78 is 10.9. The SMILES string of the molecule is C[C@@H](OC[C@H]1CCCO1)C(=O)NNc1ccccc1[N+](=O)[O-]. The van der Waals surface area contributed by atoms with E-state index in [0.29, 0.717) is 6.61 Å². The Morgan fingerprint density at radius 3 is 3.00 bits per heavy atom. The van der Waals surface area contributed by atoms with Gasteiger partial charge in [-0.25, -0.2) is 0 Å². The van der Waals surface area contributed by atoms with Crippen molar-refractivity contribution in [3.63, 3.8) is 0 Å². The maximum Gasteiger partial charge on any atom is 0.294 e. The number of para-hydroxylation sites is 2. The van der Waals surface area contributed by atoms with Crippen LogP contribution < -0.4 is 10.9 Å². The summed E-state index contributed by atoms with van der Waals surface area (Å²) in [6.07, 6.45) is 1.30. The Hall–Kier alpha value is -2.19. The lowest BCUT2D eigenvalue weighted by Gasteiger charge is -2.16. The molecule has 0 aliphatic carbocycles. The zero-order valence-corrected chi connectivity index (χ0v) is 12.3. The smallest absolute Gasteiger partial charge is 0.294 e. The molecular weight excluding hydrogens is 290 g/mol. The number of nitro groups is 1. The molecule has 1 aliphatic rings. The molecule has 0 bridgehead atoms. The predicted octanol–water partition coefficient (Wildman–Crippen LogP) is 1.62. The lowest BCUT2D eigenvalue weighted by Crippen LogP contribution is -2.39. The molecule has 1 aromatic rings. The first kappa shape index (κ1) is 16.2. The fraction of sp³-hybridized carbons (Fsp3) is 0.500. The van der Waals surface area contributed by atoms with Crippen LogP contribution >= 0.6 is 0 Å². The number of anilines is 1. The molecule has 0 radical (unpaired) electrons. The molecule has 1 aliphatic heterocycles. The Labute approximate surface area is 127 Å². The number of carbonyl (C=O) groups is 1. The highest BCUT2D eigenvalue weighted by Crippen LogP contribution is 2.22. The molecule has 0 unspecified atom stereocenters. The van der Waals surface area contributed by atoms with Gasteiger partial charge in [0.25, 0.3) is 11.6 Å². The molecule has 1 amide bonds. The second-order valence-electron chi connectivity index (χ2n) is 5.00. The third-order valence-corrected chi connectivity index (χ3v) is 3.35. The Kier molecular flexibility index (Phi) is 5.68. The van der Waals surface area contributed by atoms with Gasteiger partial charge in [-0.1, -0.05) is 12.1 Å². The van der Waals surface area contributed by atoms with Crippen molar-refractivity contribution in [2.24, 2.45) is 0 Å². The monoisotopic (exact) mass is 309 g/mol. The van der Waals surface area contributed by atoms with E-state index in [9.17, 15) is 14.9 Å². The molecule has 22 heavy (non-hydrogen) atoms. The van der Waals surface area contributed by atoms with Crippen LogP contribution in [-0.2, 0) is 14.3 Å². The van der Waals surface area contributed by atoms with E-state index in [1.165, 1.54) is 12.1 Å². The summed E-state index contributed by atoms with van der Waals surface area (Å²) in [5, 5.41) is 10.9. The number of benzene rings is 1. The topological polar surface area (TPSA) is 103 Å². The largest absolute Gasteiger partial charge is 0.376 e. The second-order valence-corrected chi connectivity index (χ2v) is 5.00. The van der Waals surface area contributed by atoms with Crippen molar-refractivity contribution in [3.05, 3.63) is 34.4 Å². The van der Waals surface area contributed by atoms with Crippen molar-refractivity contribution < 1.29 is 19.2 Å². The number of nitrogens with zero attached hydrogens (tertiary/aromatic N) is 1. The van der Waals surface area contributed by atoms with Gasteiger partial charge in [0.1, 0.15) is 11.8 Å². The summed E-state index contributed by atoms with van der Waals surface area (Å²) in [5.41, 5.74) is 5.06. The number of hydrazine groups is 1. The normalized spacial score (nSPS) is 18.7.